The Morgan fingerprint density at radius 1 is 0.935 bits per heavy atom. The summed E-state index contributed by atoms with van der Waals surface area (Å²) < 4.78 is 5.59. The second-order valence-electron chi connectivity index (χ2n) is 7.53. The lowest BCUT2D eigenvalue weighted by molar-refractivity contribution is -0.132. The molecular weight excluding hydrogens is 398 g/mol. The molecule has 0 saturated carbocycles. The van der Waals surface area contributed by atoms with Gasteiger partial charge in [0.15, 0.2) is 6.61 Å². The minimum atomic E-state index is -0.337. The molecule has 0 aliphatic carbocycles. The molecule has 8 nitrogen and oxygen atoms in total. The molecule has 2 aliphatic rings. The highest BCUT2D eigenvalue weighted by molar-refractivity contribution is 6.20. The largest absolute Gasteiger partial charge is 0.484 e. The third-order valence-corrected chi connectivity index (χ3v) is 5.35. The number of imide groups is 1. The Morgan fingerprint density at radius 3 is 2.29 bits per heavy atom. The Hall–Kier alpha value is -3.68. The standard InChI is InChI=1S/C23H23N3O5/c27-20-10-11-21(28)26(20)18-8-6-16(7-9-18)23(30)24-17-4-3-5-19(14-17)31-15-22(29)25-12-1-2-13-25/h3-9,14H,1-2,10-13,15H2,(H,24,30). The molecule has 0 aromatic heterocycles. The van der Waals surface area contributed by atoms with Crippen molar-refractivity contribution in [3.8, 4) is 5.75 Å². The highest BCUT2D eigenvalue weighted by atomic mass is 16.5. The molecule has 2 aromatic carbocycles. The van der Waals surface area contributed by atoms with Crippen LogP contribution < -0.4 is 15.0 Å². The van der Waals surface area contributed by atoms with Gasteiger partial charge >= 0.3 is 0 Å². The second kappa shape index (κ2) is 8.99. The van der Waals surface area contributed by atoms with Crippen LogP contribution in [0.5, 0.6) is 5.75 Å². The third-order valence-electron chi connectivity index (χ3n) is 5.35. The van der Waals surface area contributed by atoms with Crippen LogP contribution in [0.3, 0.4) is 0 Å². The summed E-state index contributed by atoms with van der Waals surface area (Å²) in [5.41, 5.74) is 1.38. The number of amides is 4. The first kappa shape index (κ1) is 20.6. The van der Waals surface area contributed by atoms with Gasteiger partial charge in [-0.25, -0.2) is 0 Å². The van der Waals surface area contributed by atoms with Gasteiger partial charge in [-0.1, -0.05) is 6.07 Å². The van der Waals surface area contributed by atoms with E-state index in [1.54, 1.807) is 53.4 Å². The van der Waals surface area contributed by atoms with Crippen LogP contribution in [0.1, 0.15) is 36.0 Å². The van der Waals surface area contributed by atoms with Gasteiger partial charge in [-0.05, 0) is 49.2 Å². The Bertz CT molecular complexity index is 996. The summed E-state index contributed by atoms with van der Waals surface area (Å²) in [6.07, 6.45) is 2.48. The van der Waals surface area contributed by atoms with E-state index in [1.807, 2.05) is 0 Å². The highest BCUT2D eigenvalue weighted by Crippen LogP contribution is 2.23. The molecule has 2 aliphatic heterocycles. The topological polar surface area (TPSA) is 96.0 Å². The van der Waals surface area contributed by atoms with E-state index < -0.39 is 0 Å². The van der Waals surface area contributed by atoms with Gasteiger partial charge in [-0.15, -0.1) is 0 Å². The maximum absolute atomic E-state index is 12.6. The first-order chi connectivity index (χ1) is 15.0. The van der Waals surface area contributed by atoms with Crippen LogP contribution in [0, 0.1) is 0 Å². The van der Waals surface area contributed by atoms with E-state index in [1.165, 1.54) is 0 Å². The van der Waals surface area contributed by atoms with Gasteiger partial charge in [0.05, 0.1) is 5.69 Å². The van der Waals surface area contributed by atoms with Crippen LogP contribution in [-0.2, 0) is 14.4 Å². The molecule has 2 fully saturated rings. The molecule has 4 amide bonds. The summed E-state index contributed by atoms with van der Waals surface area (Å²) in [5.74, 6) is -0.353. The van der Waals surface area contributed by atoms with E-state index in [9.17, 15) is 19.2 Å². The van der Waals surface area contributed by atoms with Crippen LogP contribution in [-0.4, -0.2) is 48.2 Å². The smallest absolute Gasteiger partial charge is 0.260 e. The van der Waals surface area contributed by atoms with Crippen LogP contribution >= 0.6 is 0 Å². The van der Waals surface area contributed by atoms with E-state index in [0.29, 0.717) is 22.7 Å². The summed E-state index contributed by atoms with van der Waals surface area (Å²) >= 11 is 0. The lowest BCUT2D eigenvalue weighted by Gasteiger charge is -2.16. The summed E-state index contributed by atoms with van der Waals surface area (Å²) in [4.78, 5) is 51.3. The zero-order valence-corrected chi connectivity index (χ0v) is 17.0. The van der Waals surface area contributed by atoms with Crippen molar-refractivity contribution in [3.05, 3.63) is 54.1 Å². The minimum Gasteiger partial charge on any atom is -0.484 e. The first-order valence-corrected chi connectivity index (χ1v) is 10.3. The van der Waals surface area contributed by atoms with Gasteiger partial charge in [-0.3, -0.25) is 24.1 Å². The van der Waals surface area contributed by atoms with Crippen molar-refractivity contribution in [2.45, 2.75) is 25.7 Å². The third kappa shape index (κ3) is 4.74. The molecule has 0 atom stereocenters. The summed E-state index contributed by atoms with van der Waals surface area (Å²) in [7, 11) is 0. The fraction of sp³-hybridized carbons (Fsp3) is 0.304. The van der Waals surface area contributed by atoms with Gasteiger partial charge in [0, 0.05) is 43.2 Å². The number of carbonyl (C=O) groups excluding carboxylic acids is 4. The van der Waals surface area contributed by atoms with Crippen molar-refractivity contribution < 1.29 is 23.9 Å². The molecule has 1 N–H and O–H groups in total. The number of rotatable bonds is 6. The number of benzene rings is 2. The van der Waals surface area contributed by atoms with Gasteiger partial charge in [0.2, 0.25) is 11.8 Å². The Morgan fingerprint density at radius 2 is 1.61 bits per heavy atom. The monoisotopic (exact) mass is 421 g/mol. The normalized spacial score (nSPS) is 16.0. The van der Waals surface area contributed by atoms with Gasteiger partial charge in [0.1, 0.15) is 5.75 Å². The predicted octanol–water partition coefficient (Wildman–Crippen LogP) is 2.59. The van der Waals surface area contributed by atoms with Crippen molar-refractivity contribution in [1.82, 2.24) is 4.90 Å². The van der Waals surface area contributed by atoms with Crippen LogP contribution in [0.15, 0.2) is 48.5 Å². The van der Waals surface area contributed by atoms with Crippen molar-refractivity contribution >= 4 is 35.0 Å². The number of hydrogen-bond donors (Lipinski definition) is 1. The number of likely N-dealkylation sites (tertiary alicyclic amines) is 1. The number of hydrogen-bond acceptors (Lipinski definition) is 5. The fourth-order valence-electron chi connectivity index (χ4n) is 3.70. The predicted molar refractivity (Wildman–Crippen MR) is 114 cm³/mol. The molecule has 0 unspecified atom stereocenters. The Balaban J connectivity index is 1.36. The SMILES string of the molecule is O=C(Nc1cccc(OCC(=O)N2CCCC2)c1)c1ccc(N2C(=O)CCC2=O)cc1. The number of anilines is 2. The zero-order valence-electron chi connectivity index (χ0n) is 17.0. The van der Waals surface area contributed by atoms with Crippen molar-refractivity contribution in [2.75, 3.05) is 29.9 Å². The number of ether oxygens (including phenoxy) is 1. The molecule has 2 aromatic rings. The second-order valence-corrected chi connectivity index (χ2v) is 7.53. The average Bonchev–Trinajstić information content (AvgIpc) is 3.43. The average molecular weight is 421 g/mol. The number of nitrogens with one attached hydrogen (secondary N) is 1. The van der Waals surface area contributed by atoms with Crippen molar-refractivity contribution in [3.63, 3.8) is 0 Å². The van der Waals surface area contributed by atoms with E-state index in [4.69, 9.17) is 4.74 Å². The first-order valence-electron chi connectivity index (χ1n) is 10.3. The fourth-order valence-corrected chi connectivity index (χ4v) is 3.70. The maximum Gasteiger partial charge on any atom is 0.260 e. The van der Waals surface area contributed by atoms with E-state index in [0.717, 1.165) is 30.8 Å². The minimum absolute atomic E-state index is 0.0349. The molecule has 0 bridgehead atoms. The van der Waals surface area contributed by atoms with E-state index >= 15 is 0 Å². The van der Waals surface area contributed by atoms with Gasteiger partial charge < -0.3 is 15.0 Å². The summed E-state index contributed by atoms with van der Waals surface area (Å²) in [6.45, 7) is 1.52. The molecule has 31 heavy (non-hydrogen) atoms. The van der Waals surface area contributed by atoms with Gasteiger partial charge in [-0.2, -0.15) is 0 Å². The van der Waals surface area contributed by atoms with Crippen LogP contribution in [0.2, 0.25) is 0 Å². The molecular formula is C23H23N3O5. The van der Waals surface area contributed by atoms with Gasteiger partial charge in [0.25, 0.3) is 11.8 Å². The van der Waals surface area contributed by atoms with E-state index in [2.05, 4.69) is 5.32 Å². The number of nitrogens with zero attached hydrogens (tertiary/aromatic N) is 2. The lowest BCUT2D eigenvalue weighted by Crippen LogP contribution is -2.32. The lowest BCUT2D eigenvalue weighted by atomic mass is 10.1. The molecule has 0 spiro atoms. The quantitative estimate of drug-likeness (QED) is 0.724. The summed E-state index contributed by atoms with van der Waals surface area (Å²) in [6, 6.07) is 13.1. The maximum atomic E-state index is 12.6. The molecule has 0 radical (unpaired) electrons. The molecule has 2 saturated heterocycles. The molecule has 8 heteroatoms. The molecule has 2 heterocycles. The van der Waals surface area contributed by atoms with Crippen molar-refractivity contribution in [1.29, 1.82) is 0 Å². The zero-order chi connectivity index (χ0) is 21.8. The number of carbonyl (C=O) groups is 4. The Kier molecular flexibility index (Phi) is 5.97. The highest BCUT2D eigenvalue weighted by Gasteiger charge is 2.30. The van der Waals surface area contributed by atoms with Crippen LogP contribution in [0.25, 0.3) is 0 Å². The summed E-state index contributed by atoms with van der Waals surface area (Å²) in [5, 5.41) is 2.79. The Labute approximate surface area is 179 Å². The molecule has 4 rings (SSSR count). The van der Waals surface area contributed by atoms with E-state index in [-0.39, 0.29) is 43.1 Å². The van der Waals surface area contributed by atoms with Crippen molar-refractivity contribution in [2.24, 2.45) is 0 Å². The van der Waals surface area contributed by atoms with Crippen LogP contribution in [0.4, 0.5) is 11.4 Å². The molecule has 160 valence electrons.